The van der Waals surface area contributed by atoms with Crippen molar-refractivity contribution in [2.45, 2.75) is 166 Å². The van der Waals surface area contributed by atoms with Gasteiger partial charge in [-0.25, -0.2) is 34.7 Å². The Hall–Kier alpha value is -2.56. The third-order valence-electron chi connectivity index (χ3n) is 14.6. The maximum absolute atomic E-state index is 13.7. The average molecular weight is 1460 g/mol. The number of hydrogen-bond donors (Lipinski definition) is 10. The zero-order chi connectivity index (χ0) is 68.5. The average Bonchev–Trinajstić information content (AvgIpc) is 0.733. The van der Waals surface area contributed by atoms with Crippen LogP contribution in [0.2, 0.25) is 0 Å². The molecule has 7 fully saturated rings. The van der Waals surface area contributed by atoms with E-state index in [9.17, 15) is 103 Å². The van der Waals surface area contributed by atoms with Crippen molar-refractivity contribution in [2.24, 2.45) is 5.73 Å². The summed E-state index contributed by atoms with van der Waals surface area (Å²) in [4.78, 5) is 27.3. The quantitative estimate of drug-likeness (QED) is 0.0280. The van der Waals surface area contributed by atoms with Gasteiger partial charge in [0.1, 0.15) is 91.6 Å². The number of carbonyl (C=O) groups is 2. The second kappa shape index (κ2) is 30.1. The van der Waals surface area contributed by atoms with Crippen molar-refractivity contribution in [1.82, 2.24) is 0 Å². The minimum Gasteiger partial charge on any atom is -0.479 e. The lowest BCUT2D eigenvalue weighted by Crippen LogP contribution is -2.78. The van der Waals surface area contributed by atoms with Crippen LogP contribution in [0.15, 0.2) is 0 Å². The van der Waals surface area contributed by atoms with E-state index in [2.05, 4.69) is 12.5 Å². The van der Waals surface area contributed by atoms with E-state index in [1.807, 2.05) is 0 Å². The summed E-state index contributed by atoms with van der Waals surface area (Å²) in [7, 11) is -28.6. The predicted molar refractivity (Wildman–Crippen MR) is 273 cm³/mol. The lowest BCUT2D eigenvalue weighted by atomic mass is 9.83. The van der Waals surface area contributed by atoms with E-state index in [1.165, 1.54) is 0 Å². The van der Waals surface area contributed by atoms with Crippen LogP contribution in [0.3, 0.4) is 0 Å². The molecule has 7 aliphatic heterocycles. The first kappa shape index (κ1) is 77.4. The molecule has 7 saturated heterocycles. The molecule has 0 aromatic rings. The maximum atomic E-state index is 13.7. The molecule has 0 aromatic carbocycles. The normalized spacial score (nSPS) is 40.4. The van der Waals surface area contributed by atoms with Crippen LogP contribution in [0.5, 0.6) is 0 Å². The van der Waals surface area contributed by atoms with Crippen LogP contribution >= 0.6 is 0 Å². The third-order valence-corrected chi connectivity index (χ3v) is 17.3. The van der Waals surface area contributed by atoms with Gasteiger partial charge in [-0.1, -0.05) is 6.92 Å². The van der Waals surface area contributed by atoms with E-state index in [-0.39, 0.29) is 0 Å². The molecule has 7 aliphatic rings. The lowest BCUT2D eigenvalue weighted by molar-refractivity contribution is -0.429. The van der Waals surface area contributed by atoms with Crippen LogP contribution in [-0.2, 0) is 173 Å². The van der Waals surface area contributed by atoms with Gasteiger partial charge in [-0.2, -0.15) is 50.5 Å². The van der Waals surface area contributed by atoms with Crippen LogP contribution < -0.4 is 5.73 Å². The highest BCUT2D eigenvalue weighted by Gasteiger charge is 2.70. The smallest absolute Gasteiger partial charge is 0.397 e. The van der Waals surface area contributed by atoms with Gasteiger partial charge in [0.2, 0.25) is 5.60 Å². The summed E-state index contributed by atoms with van der Waals surface area (Å²) in [5.41, 5.74) is 0.122. The predicted octanol–water partition coefficient (Wildman–Crippen LogP) is -7.70. The molecule has 0 spiro atoms. The Bertz CT molecular complexity index is 3200. The van der Waals surface area contributed by atoms with Gasteiger partial charge < -0.3 is 96.8 Å². The second-order valence-electron chi connectivity index (χ2n) is 19.8. The monoisotopic (exact) mass is 1460 g/mol. The van der Waals surface area contributed by atoms with Crippen molar-refractivity contribution < 1.29 is 204 Å². The molecule has 0 aliphatic carbocycles. The molecule has 0 saturated carbocycles. The molecule has 52 heteroatoms. The van der Waals surface area contributed by atoms with Gasteiger partial charge in [0, 0.05) is 42.7 Å². The zero-order valence-corrected chi connectivity index (χ0v) is 52.5. The molecule has 2 bridgehead atoms. The van der Waals surface area contributed by atoms with Gasteiger partial charge in [0.25, 0.3) is 0 Å². The summed E-state index contributed by atoms with van der Waals surface area (Å²) >= 11 is 0. The number of carboxylic acids is 2. The van der Waals surface area contributed by atoms with Crippen molar-refractivity contribution in [3.63, 3.8) is 0 Å². The molecule has 532 valence electrons. The van der Waals surface area contributed by atoms with Crippen LogP contribution in [0.1, 0.15) is 13.3 Å². The van der Waals surface area contributed by atoms with Crippen molar-refractivity contribution in [2.75, 3.05) is 69.1 Å². The number of rotatable bonds is 32. The minimum absolute atomic E-state index is 0.775. The number of fused-ring (bicyclic) bond motifs is 3. The SMILES string of the molecule is CC[C@]1(C(=O)O)O[C@@H](O[C@H]2[C@H](OS(=O)(=O)O)[C@@H](OS(=O)(=O)O)[C@@H](O[C@H]3[C@H](OC)[C@H]4OC[C@]3(C(=O)O)OC4O[C@H]3[C@H](OC)[C@@H](OS(=O)(=O)O)[C@@H](OC)O[C@@H]3COS(=O)(=O)O)O[C@@H]2COS(=O)(=O)O)[C@H](OC)[C@@H](OC)[C@@H]1O[C@@H]1O[C@H](COS(=O)(=O)O)[C@@H](OC)[C@H](O)[C@H]1N. The number of aliphatic carboxylic acids is 2. The maximum Gasteiger partial charge on any atom is 0.397 e. The summed E-state index contributed by atoms with van der Waals surface area (Å²) in [6, 6.07) is -1.74. The number of ether oxygens (including phenoxy) is 16. The topological polar surface area (TPSA) is 650 Å². The lowest BCUT2D eigenvalue weighted by Gasteiger charge is -2.57. The van der Waals surface area contributed by atoms with E-state index in [4.69, 9.17) is 94.1 Å². The largest absolute Gasteiger partial charge is 0.479 e. The van der Waals surface area contributed by atoms with Crippen molar-refractivity contribution in [1.29, 1.82) is 0 Å². The highest BCUT2D eigenvalue weighted by Crippen LogP contribution is 2.47. The van der Waals surface area contributed by atoms with Gasteiger partial charge in [0.05, 0.1) is 32.5 Å². The Morgan fingerprint density at radius 2 is 0.868 bits per heavy atom. The first-order valence-electron chi connectivity index (χ1n) is 25.4. The van der Waals surface area contributed by atoms with Gasteiger partial charge in [-0.15, -0.1) is 0 Å². The molecule has 11 N–H and O–H groups in total. The summed E-state index contributed by atoms with van der Waals surface area (Å²) in [6.45, 7) is -4.11. The molecule has 91 heavy (non-hydrogen) atoms. The minimum atomic E-state index is -6.16. The van der Waals surface area contributed by atoms with E-state index in [0.717, 1.165) is 49.6 Å². The Morgan fingerprint density at radius 3 is 1.30 bits per heavy atom. The van der Waals surface area contributed by atoms with Crippen LogP contribution in [0.4, 0.5) is 0 Å². The number of aliphatic hydroxyl groups excluding tert-OH is 1. The number of carboxylic acid groups (broad SMARTS) is 2. The fourth-order valence-electron chi connectivity index (χ4n) is 10.8. The number of nitrogens with two attached hydrogens (primary N) is 1. The van der Waals surface area contributed by atoms with Crippen molar-refractivity contribution in [3.05, 3.63) is 0 Å². The molecule has 25 atom stereocenters. The summed E-state index contributed by atoms with van der Waals surface area (Å²) in [6.07, 6.45) is -49.7. The summed E-state index contributed by atoms with van der Waals surface area (Å²) in [5.74, 6) is -4.15. The molecule has 0 amide bonds. The second-order valence-corrected chi connectivity index (χ2v) is 26.3. The zero-order valence-electron chi connectivity index (χ0n) is 47.6. The fraction of sp³-hybridized carbons (Fsp3) is 0.949. The molecule has 7 heterocycles. The van der Waals surface area contributed by atoms with Gasteiger partial charge in [-0.3, -0.25) is 27.3 Å². The number of aliphatic hydroxyl groups is 1. The van der Waals surface area contributed by atoms with Gasteiger partial charge in [0.15, 0.2) is 49.3 Å². The molecule has 46 nitrogen and oxygen atoms in total. The number of hydrogen-bond acceptors (Lipinski definition) is 38. The van der Waals surface area contributed by atoms with E-state index < -0.39 is 260 Å². The van der Waals surface area contributed by atoms with E-state index in [1.54, 1.807) is 0 Å². The first-order valence-corrected chi connectivity index (χ1v) is 33.6. The number of methoxy groups -OCH3 is 6. The molecule has 0 aromatic heterocycles. The molecular formula is C39H65NO45S6. The fourth-order valence-corrected chi connectivity index (χ4v) is 13.1. The van der Waals surface area contributed by atoms with Gasteiger partial charge >= 0.3 is 74.3 Å². The van der Waals surface area contributed by atoms with Crippen LogP contribution in [0.25, 0.3) is 0 Å². The molecule has 7 rings (SSSR count). The Balaban J connectivity index is 1.43. The highest BCUT2D eigenvalue weighted by molar-refractivity contribution is 7.82. The van der Waals surface area contributed by atoms with Crippen molar-refractivity contribution >= 4 is 74.3 Å². The molecule has 1 unspecified atom stereocenters. The van der Waals surface area contributed by atoms with Crippen molar-refractivity contribution in [3.8, 4) is 0 Å². The van der Waals surface area contributed by atoms with E-state index >= 15 is 0 Å². The third kappa shape index (κ3) is 18.6. The summed E-state index contributed by atoms with van der Waals surface area (Å²) < 4.78 is 324. The Morgan fingerprint density at radius 1 is 0.451 bits per heavy atom. The Labute approximate surface area is 516 Å². The molecular weight excluding hydrogens is 1390 g/mol. The highest BCUT2D eigenvalue weighted by atomic mass is 32.3. The first-order chi connectivity index (χ1) is 41.9. The van der Waals surface area contributed by atoms with Gasteiger partial charge in [-0.05, 0) is 6.42 Å². The van der Waals surface area contributed by atoms with E-state index in [0.29, 0.717) is 0 Å². The Kier molecular flexibility index (Phi) is 25.6. The standard InChI is InChI=1S/C39H65NO45S6/c1-8-38(36(42)43)29(79-31-16(40)17(41)18(64-2)13(74-31)9-71-86(46,47)48)23(66-4)25(68-6)34(81-38)78-20-15(11-73-88(52,53)54)76-33(28(85-91(61,62)63)22(20)83-89(55,56)57)80-30-24(67-5)26-35(82-39(30,12-70-26)37(44)45)77-19-14(10-72-87(49,50)51)75-32(69-7)27(21(19)65-3)84-90(58,59)60/h13-35,41H,8-12,40H2,1-7H3,(H,42,43)(H,44,45)(H,46,47,48)(H,49,50,51)(H,52,53,54)(H,55,56,57)(H,58,59,60)(H,61,62,63)/t13-,14-,15-,16-,17-,18-,19-,20-,21+,22+,23-,24-,25-,26-,27-,28-,29+,30+,31+,32+,33-,34-,35?,38+,39+/m1/s1. The summed E-state index contributed by atoms with van der Waals surface area (Å²) in [5, 5.41) is 33.2. The molecule has 0 radical (unpaired) electrons. The van der Waals surface area contributed by atoms with Crippen LogP contribution in [-0.4, -0.2) is 327 Å². The van der Waals surface area contributed by atoms with Crippen LogP contribution in [0, 0.1) is 0 Å².